The highest BCUT2D eigenvalue weighted by Crippen LogP contribution is 2.29. The van der Waals surface area contributed by atoms with E-state index in [4.69, 9.17) is 4.74 Å². The molecule has 3 heterocycles. The van der Waals surface area contributed by atoms with E-state index in [0.29, 0.717) is 17.6 Å². The average molecular weight is 327 g/mol. The van der Waals surface area contributed by atoms with Gasteiger partial charge in [-0.25, -0.2) is 4.68 Å². The predicted octanol–water partition coefficient (Wildman–Crippen LogP) is 1.83. The second-order valence-electron chi connectivity index (χ2n) is 6.45. The Labute approximate surface area is 140 Å². The molecule has 1 aliphatic carbocycles. The van der Waals surface area contributed by atoms with Crippen LogP contribution in [0.2, 0.25) is 0 Å². The lowest BCUT2D eigenvalue weighted by molar-refractivity contribution is -0.140. The maximum absolute atomic E-state index is 12.2. The molecular weight excluding hydrogens is 306 g/mol. The number of carbonyl (C=O) groups excluding carboxylic acids is 1. The molecule has 126 valence electrons. The molecule has 7 heteroatoms. The van der Waals surface area contributed by atoms with E-state index in [1.54, 1.807) is 10.9 Å². The van der Waals surface area contributed by atoms with Crippen molar-refractivity contribution >= 4 is 5.91 Å². The maximum Gasteiger partial charge on any atom is 0.233 e. The first-order valence-corrected chi connectivity index (χ1v) is 8.59. The Balaban J connectivity index is 1.29. The zero-order chi connectivity index (χ0) is 16.4. The average Bonchev–Trinajstić information content (AvgIpc) is 3.09. The van der Waals surface area contributed by atoms with Crippen molar-refractivity contribution in [1.82, 2.24) is 24.9 Å². The van der Waals surface area contributed by atoms with E-state index in [-0.39, 0.29) is 12.0 Å². The van der Waals surface area contributed by atoms with Gasteiger partial charge in [-0.1, -0.05) is 6.42 Å². The summed E-state index contributed by atoms with van der Waals surface area (Å²) < 4.78 is 7.57. The SMILES string of the molecule is O=C(C1CCC1)N1CCC(Oc2ccc(-n3cccn3)nn2)CC1. The van der Waals surface area contributed by atoms with Gasteiger partial charge in [0.25, 0.3) is 0 Å². The van der Waals surface area contributed by atoms with Gasteiger partial charge < -0.3 is 9.64 Å². The quantitative estimate of drug-likeness (QED) is 0.856. The summed E-state index contributed by atoms with van der Waals surface area (Å²) in [6.07, 6.45) is 8.64. The summed E-state index contributed by atoms with van der Waals surface area (Å²) in [6.45, 7) is 1.55. The summed E-state index contributed by atoms with van der Waals surface area (Å²) in [5, 5.41) is 12.4. The van der Waals surface area contributed by atoms with E-state index in [1.165, 1.54) is 6.42 Å². The van der Waals surface area contributed by atoms with Gasteiger partial charge in [0, 0.05) is 50.3 Å². The van der Waals surface area contributed by atoms with Crippen LogP contribution in [0.25, 0.3) is 5.82 Å². The largest absolute Gasteiger partial charge is 0.473 e. The smallest absolute Gasteiger partial charge is 0.233 e. The molecule has 1 saturated heterocycles. The summed E-state index contributed by atoms with van der Waals surface area (Å²) in [5.41, 5.74) is 0. The fourth-order valence-corrected chi connectivity index (χ4v) is 3.18. The number of carbonyl (C=O) groups is 1. The van der Waals surface area contributed by atoms with Gasteiger partial charge in [-0.15, -0.1) is 10.2 Å². The minimum Gasteiger partial charge on any atom is -0.473 e. The normalized spacial score (nSPS) is 19.1. The number of piperidine rings is 1. The van der Waals surface area contributed by atoms with Gasteiger partial charge in [0.05, 0.1) is 0 Å². The lowest BCUT2D eigenvalue weighted by atomic mass is 9.84. The van der Waals surface area contributed by atoms with Gasteiger partial charge in [-0.3, -0.25) is 4.79 Å². The number of hydrogen-bond acceptors (Lipinski definition) is 5. The summed E-state index contributed by atoms with van der Waals surface area (Å²) in [4.78, 5) is 14.2. The van der Waals surface area contributed by atoms with Gasteiger partial charge in [-0.05, 0) is 25.0 Å². The molecule has 4 rings (SSSR count). The van der Waals surface area contributed by atoms with Crippen LogP contribution in [0, 0.1) is 5.92 Å². The van der Waals surface area contributed by atoms with Crippen molar-refractivity contribution in [1.29, 1.82) is 0 Å². The second kappa shape index (κ2) is 6.59. The maximum atomic E-state index is 12.2. The summed E-state index contributed by atoms with van der Waals surface area (Å²) >= 11 is 0. The van der Waals surface area contributed by atoms with Crippen LogP contribution in [-0.4, -0.2) is 50.0 Å². The van der Waals surface area contributed by atoms with Crippen LogP contribution in [0.3, 0.4) is 0 Å². The number of likely N-dealkylation sites (tertiary alicyclic amines) is 1. The molecule has 0 radical (unpaired) electrons. The molecule has 2 aromatic heterocycles. The minimum atomic E-state index is 0.0975. The lowest BCUT2D eigenvalue weighted by Crippen LogP contribution is -2.45. The second-order valence-corrected chi connectivity index (χ2v) is 6.45. The van der Waals surface area contributed by atoms with E-state index in [2.05, 4.69) is 15.3 Å². The van der Waals surface area contributed by atoms with Crippen molar-refractivity contribution in [3.05, 3.63) is 30.6 Å². The molecule has 2 fully saturated rings. The van der Waals surface area contributed by atoms with Crippen molar-refractivity contribution in [3.8, 4) is 11.7 Å². The molecule has 0 bridgehead atoms. The van der Waals surface area contributed by atoms with Crippen molar-refractivity contribution in [2.24, 2.45) is 5.92 Å². The molecule has 2 aliphatic rings. The number of amides is 1. The van der Waals surface area contributed by atoms with E-state index in [9.17, 15) is 4.79 Å². The third kappa shape index (κ3) is 3.11. The van der Waals surface area contributed by atoms with Gasteiger partial charge in [0.1, 0.15) is 6.10 Å². The van der Waals surface area contributed by atoms with E-state index < -0.39 is 0 Å². The highest BCUT2D eigenvalue weighted by Gasteiger charge is 2.32. The Morgan fingerprint density at radius 2 is 1.96 bits per heavy atom. The molecule has 0 N–H and O–H groups in total. The Bertz CT molecular complexity index is 674. The van der Waals surface area contributed by atoms with Crippen LogP contribution in [-0.2, 0) is 4.79 Å². The lowest BCUT2D eigenvalue weighted by Gasteiger charge is -2.36. The minimum absolute atomic E-state index is 0.0975. The molecule has 1 amide bonds. The Morgan fingerprint density at radius 3 is 2.54 bits per heavy atom. The number of ether oxygens (including phenoxy) is 1. The Hall–Kier alpha value is -2.44. The topological polar surface area (TPSA) is 73.1 Å². The zero-order valence-corrected chi connectivity index (χ0v) is 13.5. The fourth-order valence-electron chi connectivity index (χ4n) is 3.18. The standard InChI is InChI=1S/C17H21N5O2/c23-17(13-3-1-4-13)21-11-7-14(8-12-21)24-16-6-5-15(19-20-16)22-10-2-9-18-22/h2,5-6,9-10,13-14H,1,3-4,7-8,11-12H2. The number of nitrogens with zero attached hydrogens (tertiary/aromatic N) is 5. The summed E-state index contributed by atoms with van der Waals surface area (Å²) in [7, 11) is 0. The number of rotatable bonds is 4. The van der Waals surface area contributed by atoms with Gasteiger partial charge in [0.15, 0.2) is 5.82 Å². The highest BCUT2D eigenvalue weighted by molar-refractivity contribution is 5.79. The summed E-state index contributed by atoms with van der Waals surface area (Å²) in [5.74, 6) is 1.80. The van der Waals surface area contributed by atoms with Crippen molar-refractivity contribution in [2.45, 2.75) is 38.2 Å². The molecule has 0 aromatic carbocycles. The molecule has 1 saturated carbocycles. The van der Waals surface area contributed by atoms with E-state index in [1.807, 2.05) is 29.3 Å². The van der Waals surface area contributed by atoms with Crippen molar-refractivity contribution < 1.29 is 9.53 Å². The molecule has 1 aliphatic heterocycles. The third-order valence-corrected chi connectivity index (χ3v) is 4.86. The highest BCUT2D eigenvalue weighted by atomic mass is 16.5. The first-order valence-electron chi connectivity index (χ1n) is 8.59. The van der Waals surface area contributed by atoms with E-state index >= 15 is 0 Å². The van der Waals surface area contributed by atoms with Crippen molar-refractivity contribution in [3.63, 3.8) is 0 Å². The van der Waals surface area contributed by atoms with Crippen molar-refractivity contribution in [2.75, 3.05) is 13.1 Å². The van der Waals surface area contributed by atoms with Crippen LogP contribution in [0.15, 0.2) is 30.6 Å². The monoisotopic (exact) mass is 327 g/mol. The molecule has 7 nitrogen and oxygen atoms in total. The number of aromatic nitrogens is 4. The molecule has 0 unspecified atom stereocenters. The van der Waals surface area contributed by atoms with E-state index in [0.717, 1.165) is 38.8 Å². The third-order valence-electron chi connectivity index (χ3n) is 4.86. The summed E-state index contributed by atoms with van der Waals surface area (Å²) in [6, 6.07) is 5.49. The Morgan fingerprint density at radius 1 is 1.12 bits per heavy atom. The number of hydrogen-bond donors (Lipinski definition) is 0. The van der Waals surface area contributed by atoms with Gasteiger partial charge >= 0.3 is 0 Å². The molecule has 2 aromatic rings. The van der Waals surface area contributed by atoms with Gasteiger partial charge in [-0.2, -0.15) is 5.10 Å². The molecular formula is C17H21N5O2. The first kappa shape index (κ1) is 15.1. The Kier molecular flexibility index (Phi) is 4.15. The van der Waals surface area contributed by atoms with Crippen LogP contribution in [0.4, 0.5) is 0 Å². The van der Waals surface area contributed by atoms with Crippen LogP contribution >= 0.6 is 0 Å². The first-order chi connectivity index (χ1) is 11.8. The van der Waals surface area contributed by atoms with Crippen LogP contribution in [0.5, 0.6) is 5.88 Å². The van der Waals surface area contributed by atoms with Crippen LogP contribution < -0.4 is 4.74 Å². The fraction of sp³-hybridized carbons (Fsp3) is 0.529. The molecule has 0 spiro atoms. The van der Waals surface area contributed by atoms with Gasteiger partial charge in [0.2, 0.25) is 11.8 Å². The molecule has 24 heavy (non-hydrogen) atoms. The predicted molar refractivity (Wildman–Crippen MR) is 86.7 cm³/mol. The molecule has 0 atom stereocenters. The zero-order valence-electron chi connectivity index (χ0n) is 13.5. The van der Waals surface area contributed by atoms with Crippen LogP contribution in [0.1, 0.15) is 32.1 Å².